The average molecular weight is 688 g/mol. The number of hydrogen-bond donors (Lipinski definition) is 0. The molecule has 0 spiro atoms. The molecule has 10 rings (SSSR count). The molecule has 10 aromatic rings. The molecule has 0 amide bonds. The summed E-state index contributed by atoms with van der Waals surface area (Å²) in [5, 5.41) is 7.06. The zero-order chi connectivity index (χ0) is 35.8. The highest BCUT2D eigenvalue weighted by Crippen LogP contribution is 2.43. The first-order valence-corrected chi connectivity index (χ1v) is 18.3. The highest BCUT2D eigenvalue weighted by atomic mass is 15.0. The molecule has 0 atom stereocenters. The first-order chi connectivity index (χ1) is 26.8. The summed E-state index contributed by atoms with van der Waals surface area (Å²) in [6.45, 7) is 0. The van der Waals surface area contributed by atoms with Gasteiger partial charge in [-0.2, -0.15) is 0 Å². The Balaban J connectivity index is 1.33. The number of benzene rings is 9. The fourth-order valence-corrected chi connectivity index (χ4v) is 7.69. The molecule has 0 aliphatic carbocycles. The van der Waals surface area contributed by atoms with Crippen molar-refractivity contribution >= 4 is 32.3 Å². The van der Waals surface area contributed by atoms with Gasteiger partial charge in [-0.1, -0.05) is 170 Å². The van der Waals surface area contributed by atoms with Crippen LogP contribution in [0.4, 0.5) is 0 Å². The summed E-state index contributed by atoms with van der Waals surface area (Å²) in [6.07, 6.45) is 0. The van der Waals surface area contributed by atoms with Crippen molar-refractivity contribution in [2.24, 2.45) is 0 Å². The van der Waals surface area contributed by atoms with Crippen LogP contribution >= 0.6 is 0 Å². The van der Waals surface area contributed by atoms with Gasteiger partial charge >= 0.3 is 0 Å². The molecule has 0 N–H and O–H groups in total. The molecule has 0 unspecified atom stereocenters. The lowest BCUT2D eigenvalue weighted by atomic mass is 9.87. The van der Waals surface area contributed by atoms with Crippen LogP contribution < -0.4 is 0 Å². The van der Waals surface area contributed by atoms with Crippen LogP contribution in [0.25, 0.3) is 99.9 Å². The van der Waals surface area contributed by atoms with Gasteiger partial charge in [0, 0.05) is 22.1 Å². The SMILES string of the molecule is c1ccc(-c2cc(-c3ccccc3)cc(-c3cc(-c4nc(-c5ccccc5)nc(-c5ccccc5)n4)c4c5ccccc5c5ccccc5c4c3)c2)cc1. The monoisotopic (exact) mass is 687 g/mol. The van der Waals surface area contributed by atoms with Gasteiger partial charge < -0.3 is 0 Å². The molecule has 0 aliphatic heterocycles. The first kappa shape index (κ1) is 31.5. The Morgan fingerprint density at radius 3 is 1.04 bits per heavy atom. The van der Waals surface area contributed by atoms with Gasteiger partial charge in [-0.15, -0.1) is 0 Å². The summed E-state index contributed by atoms with van der Waals surface area (Å²) in [5.74, 6) is 1.92. The van der Waals surface area contributed by atoms with E-state index in [9.17, 15) is 0 Å². The van der Waals surface area contributed by atoms with E-state index in [0.717, 1.165) is 49.7 Å². The van der Waals surface area contributed by atoms with Gasteiger partial charge in [-0.3, -0.25) is 0 Å². The summed E-state index contributed by atoms with van der Waals surface area (Å²) in [4.78, 5) is 15.6. The molecule has 0 radical (unpaired) electrons. The van der Waals surface area contributed by atoms with Crippen molar-refractivity contribution in [3.8, 4) is 67.5 Å². The van der Waals surface area contributed by atoms with Crippen LogP contribution in [0.2, 0.25) is 0 Å². The van der Waals surface area contributed by atoms with Crippen molar-refractivity contribution in [3.63, 3.8) is 0 Å². The third-order valence-electron chi connectivity index (χ3n) is 10.3. The van der Waals surface area contributed by atoms with E-state index < -0.39 is 0 Å². The predicted octanol–water partition coefficient (Wildman–Crippen LogP) is 13.3. The van der Waals surface area contributed by atoms with E-state index in [2.05, 4.69) is 164 Å². The summed E-state index contributed by atoms with van der Waals surface area (Å²) < 4.78 is 0. The summed E-state index contributed by atoms with van der Waals surface area (Å²) in [6, 6.07) is 70.7. The van der Waals surface area contributed by atoms with Gasteiger partial charge in [-0.25, -0.2) is 15.0 Å². The maximum atomic E-state index is 5.28. The number of aromatic nitrogens is 3. The topological polar surface area (TPSA) is 38.7 Å². The lowest BCUT2D eigenvalue weighted by molar-refractivity contribution is 1.08. The molecule has 0 fully saturated rings. The van der Waals surface area contributed by atoms with Crippen molar-refractivity contribution in [1.29, 1.82) is 0 Å². The molecule has 9 aromatic carbocycles. The van der Waals surface area contributed by atoms with Crippen LogP contribution in [0.15, 0.2) is 200 Å². The van der Waals surface area contributed by atoms with Gasteiger partial charge in [0.05, 0.1) is 0 Å². The van der Waals surface area contributed by atoms with Gasteiger partial charge in [0.2, 0.25) is 0 Å². The second-order valence-corrected chi connectivity index (χ2v) is 13.6. The van der Waals surface area contributed by atoms with Crippen LogP contribution in [0.1, 0.15) is 0 Å². The van der Waals surface area contributed by atoms with Crippen LogP contribution in [0.5, 0.6) is 0 Å². The van der Waals surface area contributed by atoms with E-state index in [1.807, 2.05) is 36.4 Å². The van der Waals surface area contributed by atoms with E-state index in [1.54, 1.807) is 0 Å². The molecular formula is C51H33N3. The highest BCUT2D eigenvalue weighted by Gasteiger charge is 2.20. The molecule has 252 valence electrons. The Labute approximate surface area is 313 Å². The third kappa shape index (κ3) is 5.69. The van der Waals surface area contributed by atoms with Crippen LogP contribution in [-0.2, 0) is 0 Å². The summed E-state index contributed by atoms with van der Waals surface area (Å²) >= 11 is 0. The maximum Gasteiger partial charge on any atom is 0.164 e. The largest absolute Gasteiger partial charge is 0.208 e. The van der Waals surface area contributed by atoms with Crippen LogP contribution in [0.3, 0.4) is 0 Å². The standard InChI is InChI=1S/C51H33N3/c1-5-17-34(18-6-1)38-29-39(35-19-7-2-8-20-35)31-40(30-38)41-32-46-44-27-14-13-25-42(44)43-26-15-16-28-45(43)48(46)47(33-41)51-53-49(36-21-9-3-10-22-36)52-50(54-51)37-23-11-4-12-24-37/h1-33H. The minimum atomic E-state index is 0.637. The molecule has 54 heavy (non-hydrogen) atoms. The second kappa shape index (κ2) is 13.4. The summed E-state index contributed by atoms with van der Waals surface area (Å²) in [5.41, 5.74) is 9.73. The Hall–Kier alpha value is -7.23. The quantitative estimate of drug-likeness (QED) is 0.163. The van der Waals surface area contributed by atoms with Crippen LogP contribution in [0, 0.1) is 0 Å². The number of rotatable bonds is 6. The van der Waals surface area contributed by atoms with E-state index in [1.165, 1.54) is 32.7 Å². The van der Waals surface area contributed by atoms with Gasteiger partial charge in [0.25, 0.3) is 0 Å². The zero-order valence-electron chi connectivity index (χ0n) is 29.4. The molecule has 1 heterocycles. The molecule has 1 aromatic heterocycles. The van der Waals surface area contributed by atoms with Crippen molar-refractivity contribution in [1.82, 2.24) is 15.0 Å². The van der Waals surface area contributed by atoms with Crippen molar-refractivity contribution in [2.45, 2.75) is 0 Å². The number of hydrogen-bond acceptors (Lipinski definition) is 3. The molecule has 0 aliphatic rings. The Kier molecular flexibility index (Phi) is 7.81. The molecule has 0 saturated carbocycles. The molecular weight excluding hydrogens is 655 g/mol. The van der Waals surface area contributed by atoms with Crippen LogP contribution in [-0.4, -0.2) is 15.0 Å². The highest BCUT2D eigenvalue weighted by molar-refractivity contribution is 6.28. The normalized spacial score (nSPS) is 11.3. The minimum absolute atomic E-state index is 0.637. The first-order valence-electron chi connectivity index (χ1n) is 18.3. The fraction of sp³-hybridized carbons (Fsp3) is 0. The molecule has 0 saturated heterocycles. The Bertz CT molecular complexity index is 2840. The summed E-state index contributed by atoms with van der Waals surface area (Å²) in [7, 11) is 0. The maximum absolute atomic E-state index is 5.28. The Morgan fingerprint density at radius 1 is 0.222 bits per heavy atom. The van der Waals surface area contributed by atoms with Crippen molar-refractivity contribution in [3.05, 3.63) is 200 Å². The smallest absolute Gasteiger partial charge is 0.164 e. The molecule has 0 bridgehead atoms. The third-order valence-corrected chi connectivity index (χ3v) is 10.3. The van der Waals surface area contributed by atoms with E-state index in [-0.39, 0.29) is 0 Å². The Morgan fingerprint density at radius 2 is 0.556 bits per heavy atom. The fourth-order valence-electron chi connectivity index (χ4n) is 7.69. The van der Waals surface area contributed by atoms with E-state index >= 15 is 0 Å². The zero-order valence-corrected chi connectivity index (χ0v) is 29.4. The predicted molar refractivity (Wildman–Crippen MR) is 225 cm³/mol. The van der Waals surface area contributed by atoms with Gasteiger partial charge in [0.15, 0.2) is 17.5 Å². The molecule has 3 nitrogen and oxygen atoms in total. The van der Waals surface area contributed by atoms with E-state index in [4.69, 9.17) is 15.0 Å². The average Bonchev–Trinajstić information content (AvgIpc) is 3.27. The second-order valence-electron chi connectivity index (χ2n) is 13.6. The van der Waals surface area contributed by atoms with Gasteiger partial charge in [0.1, 0.15) is 0 Å². The van der Waals surface area contributed by atoms with Crippen molar-refractivity contribution in [2.75, 3.05) is 0 Å². The van der Waals surface area contributed by atoms with Gasteiger partial charge in [-0.05, 0) is 90.6 Å². The van der Waals surface area contributed by atoms with E-state index in [0.29, 0.717) is 17.5 Å². The lowest BCUT2D eigenvalue weighted by Crippen LogP contribution is -2.01. The van der Waals surface area contributed by atoms with Crippen molar-refractivity contribution < 1.29 is 0 Å². The molecule has 3 heteroatoms. The number of fused-ring (bicyclic) bond motifs is 6. The minimum Gasteiger partial charge on any atom is -0.208 e. The number of nitrogens with zero attached hydrogens (tertiary/aromatic N) is 3. The lowest BCUT2D eigenvalue weighted by Gasteiger charge is -2.18.